The summed E-state index contributed by atoms with van der Waals surface area (Å²) in [5, 5.41) is 15.9. The molecule has 0 radical (unpaired) electrons. The molecule has 0 unspecified atom stereocenters. The molecule has 84 valence electrons. The van der Waals surface area contributed by atoms with Gasteiger partial charge in [0.05, 0.1) is 12.8 Å². The number of halogens is 1. The van der Waals surface area contributed by atoms with Crippen LogP contribution in [0.1, 0.15) is 0 Å². The van der Waals surface area contributed by atoms with Gasteiger partial charge < -0.3 is 15.6 Å². The number of rotatable bonds is 2. The molecule has 0 aliphatic heterocycles. The SMILES string of the molecule is COc1c(-c2cc(N)n[nH]2)ccc(F)c1O. The maximum Gasteiger partial charge on any atom is 0.194 e. The highest BCUT2D eigenvalue weighted by Gasteiger charge is 2.15. The van der Waals surface area contributed by atoms with E-state index >= 15 is 0 Å². The molecular formula is C10H10FN3O2. The summed E-state index contributed by atoms with van der Waals surface area (Å²) in [6, 6.07) is 4.18. The number of nitrogens with two attached hydrogens (primary N) is 1. The average molecular weight is 223 g/mol. The average Bonchev–Trinajstić information content (AvgIpc) is 2.68. The Morgan fingerprint density at radius 3 is 2.81 bits per heavy atom. The summed E-state index contributed by atoms with van der Waals surface area (Å²) in [5.41, 5.74) is 6.49. The van der Waals surface area contributed by atoms with Crippen LogP contribution in [-0.2, 0) is 0 Å². The van der Waals surface area contributed by atoms with Crippen molar-refractivity contribution in [3.8, 4) is 22.8 Å². The normalized spacial score (nSPS) is 10.4. The number of ether oxygens (including phenoxy) is 1. The van der Waals surface area contributed by atoms with E-state index in [1.165, 1.54) is 13.2 Å². The van der Waals surface area contributed by atoms with Crippen LogP contribution in [0.5, 0.6) is 11.5 Å². The molecule has 0 fully saturated rings. The summed E-state index contributed by atoms with van der Waals surface area (Å²) < 4.78 is 18.0. The molecule has 16 heavy (non-hydrogen) atoms. The predicted molar refractivity (Wildman–Crippen MR) is 56.6 cm³/mol. The number of methoxy groups -OCH3 is 1. The van der Waals surface area contributed by atoms with Crippen LogP contribution >= 0.6 is 0 Å². The first-order valence-electron chi connectivity index (χ1n) is 4.50. The van der Waals surface area contributed by atoms with Crippen LogP contribution < -0.4 is 10.5 Å². The zero-order chi connectivity index (χ0) is 11.7. The predicted octanol–water partition coefficient (Wildman–Crippen LogP) is 1.51. The summed E-state index contributed by atoms with van der Waals surface area (Å²) in [5.74, 6) is -0.925. The van der Waals surface area contributed by atoms with Crippen molar-refractivity contribution in [2.24, 2.45) is 0 Å². The maximum absolute atomic E-state index is 13.1. The largest absolute Gasteiger partial charge is 0.502 e. The van der Waals surface area contributed by atoms with Gasteiger partial charge in [-0.25, -0.2) is 4.39 Å². The van der Waals surface area contributed by atoms with E-state index in [1.54, 1.807) is 6.07 Å². The first-order valence-corrected chi connectivity index (χ1v) is 4.50. The molecule has 0 spiro atoms. The Morgan fingerprint density at radius 2 is 2.25 bits per heavy atom. The van der Waals surface area contributed by atoms with E-state index in [1.807, 2.05) is 0 Å². The molecule has 6 heteroatoms. The van der Waals surface area contributed by atoms with Gasteiger partial charge in [0.1, 0.15) is 5.82 Å². The fourth-order valence-corrected chi connectivity index (χ4v) is 1.44. The van der Waals surface area contributed by atoms with Crippen molar-refractivity contribution >= 4 is 5.82 Å². The van der Waals surface area contributed by atoms with Crippen LogP contribution in [0.25, 0.3) is 11.3 Å². The van der Waals surface area contributed by atoms with Gasteiger partial charge in [-0.3, -0.25) is 5.10 Å². The Balaban J connectivity index is 2.61. The zero-order valence-electron chi connectivity index (χ0n) is 8.49. The van der Waals surface area contributed by atoms with Gasteiger partial charge in [0.15, 0.2) is 17.3 Å². The molecule has 0 bridgehead atoms. The summed E-state index contributed by atoms with van der Waals surface area (Å²) in [4.78, 5) is 0. The highest BCUT2D eigenvalue weighted by Crippen LogP contribution is 2.38. The molecule has 0 atom stereocenters. The minimum Gasteiger partial charge on any atom is -0.502 e. The van der Waals surface area contributed by atoms with Gasteiger partial charge >= 0.3 is 0 Å². The van der Waals surface area contributed by atoms with Gasteiger partial charge in [0.25, 0.3) is 0 Å². The topological polar surface area (TPSA) is 84.2 Å². The van der Waals surface area contributed by atoms with Crippen molar-refractivity contribution in [3.05, 3.63) is 24.0 Å². The molecule has 0 saturated heterocycles. The Labute approximate surface area is 90.7 Å². The lowest BCUT2D eigenvalue weighted by molar-refractivity contribution is 0.358. The highest BCUT2D eigenvalue weighted by atomic mass is 19.1. The quantitative estimate of drug-likeness (QED) is 0.720. The van der Waals surface area contributed by atoms with Crippen molar-refractivity contribution in [1.29, 1.82) is 0 Å². The van der Waals surface area contributed by atoms with Crippen molar-refractivity contribution < 1.29 is 14.2 Å². The van der Waals surface area contributed by atoms with Crippen molar-refractivity contribution in [3.63, 3.8) is 0 Å². The third kappa shape index (κ3) is 1.54. The van der Waals surface area contributed by atoms with Crippen LogP contribution in [0.2, 0.25) is 0 Å². The number of benzene rings is 1. The number of nitrogens with one attached hydrogen (secondary N) is 1. The fraction of sp³-hybridized carbons (Fsp3) is 0.100. The Bertz CT molecular complexity index is 525. The number of phenols is 1. The second-order valence-corrected chi connectivity index (χ2v) is 3.18. The Kier molecular flexibility index (Phi) is 2.40. The van der Waals surface area contributed by atoms with E-state index in [2.05, 4.69) is 10.2 Å². The number of nitrogen functional groups attached to an aromatic ring is 1. The molecule has 1 aromatic carbocycles. The molecular weight excluding hydrogens is 213 g/mol. The van der Waals surface area contributed by atoms with E-state index in [0.717, 1.165) is 6.07 Å². The second-order valence-electron chi connectivity index (χ2n) is 3.18. The Morgan fingerprint density at radius 1 is 1.50 bits per heavy atom. The van der Waals surface area contributed by atoms with Gasteiger partial charge in [-0.05, 0) is 12.1 Å². The second kappa shape index (κ2) is 3.73. The zero-order valence-corrected chi connectivity index (χ0v) is 8.49. The summed E-state index contributed by atoms with van der Waals surface area (Å²) in [6.07, 6.45) is 0. The molecule has 0 saturated carbocycles. The smallest absolute Gasteiger partial charge is 0.194 e. The van der Waals surface area contributed by atoms with E-state index in [9.17, 15) is 9.50 Å². The molecule has 1 aromatic heterocycles. The molecule has 0 amide bonds. The van der Waals surface area contributed by atoms with E-state index in [4.69, 9.17) is 10.5 Å². The number of anilines is 1. The number of phenolic OH excluding ortho intramolecular Hbond substituents is 1. The third-order valence-corrected chi connectivity index (χ3v) is 2.17. The number of aromatic nitrogens is 2. The van der Waals surface area contributed by atoms with E-state index in [-0.39, 0.29) is 5.75 Å². The van der Waals surface area contributed by atoms with Gasteiger partial charge in [-0.15, -0.1) is 0 Å². The van der Waals surface area contributed by atoms with Gasteiger partial charge in [-0.2, -0.15) is 5.10 Å². The Hall–Kier alpha value is -2.24. The molecule has 5 nitrogen and oxygen atoms in total. The van der Waals surface area contributed by atoms with Crippen LogP contribution in [0.15, 0.2) is 18.2 Å². The number of hydrogen-bond acceptors (Lipinski definition) is 4. The van der Waals surface area contributed by atoms with Crippen LogP contribution in [0.3, 0.4) is 0 Å². The highest BCUT2D eigenvalue weighted by molar-refractivity contribution is 5.72. The molecule has 0 aliphatic rings. The number of hydrogen-bond donors (Lipinski definition) is 3. The number of H-pyrrole nitrogens is 1. The van der Waals surface area contributed by atoms with Crippen molar-refractivity contribution in [1.82, 2.24) is 10.2 Å². The summed E-state index contributed by atoms with van der Waals surface area (Å²) >= 11 is 0. The maximum atomic E-state index is 13.1. The molecule has 2 aromatic rings. The van der Waals surface area contributed by atoms with Gasteiger partial charge in [0, 0.05) is 11.6 Å². The standard InChI is InChI=1S/C10H10FN3O2/c1-16-10-5(2-3-6(11)9(10)15)7-4-8(12)14-13-7/h2-4,15H,1H3,(H3,12,13,14). The van der Waals surface area contributed by atoms with Gasteiger partial charge in [0.2, 0.25) is 0 Å². The minimum absolute atomic E-state index is 0.0450. The molecule has 0 aliphatic carbocycles. The third-order valence-electron chi connectivity index (χ3n) is 2.17. The lowest BCUT2D eigenvalue weighted by Gasteiger charge is -2.08. The lowest BCUT2D eigenvalue weighted by atomic mass is 10.1. The van der Waals surface area contributed by atoms with Crippen LogP contribution in [0, 0.1) is 5.82 Å². The fourth-order valence-electron chi connectivity index (χ4n) is 1.44. The summed E-state index contributed by atoms with van der Waals surface area (Å²) in [6.45, 7) is 0. The van der Waals surface area contributed by atoms with Gasteiger partial charge in [-0.1, -0.05) is 0 Å². The van der Waals surface area contributed by atoms with Crippen molar-refractivity contribution in [2.45, 2.75) is 0 Å². The monoisotopic (exact) mass is 223 g/mol. The van der Waals surface area contributed by atoms with E-state index < -0.39 is 11.6 Å². The number of aromatic hydroxyl groups is 1. The number of aromatic amines is 1. The lowest BCUT2D eigenvalue weighted by Crippen LogP contribution is -1.91. The minimum atomic E-state index is -0.743. The first-order chi connectivity index (χ1) is 7.63. The molecule has 4 N–H and O–H groups in total. The van der Waals surface area contributed by atoms with Crippen molar-refractivity contribution in [2.75, 3.05) is 12.8 Å². The molecule has 2 rings (SSSR count). The van der Waals surface area contributed by atoms with Crippen LogP contribution in [0.4, 0.5) is 10.2 Å². The first kappa shape index (κ1) is 10.3. The molecule has 1 heterocycles. The van der Waals surface area contributed by atoms with E-state index in [0.29, 0.717) is 17.1 Å². The summed E-state index contributed by atoms with van der Waals surface area (Å²) in [7, 11) is 1.34. The number of nitrogens with zero attached hydrogens (tertiary/aromatic N) is 1. The van der Waals surface area contributed by atoms with Crippen LogP contribution in [-0.4, -0.2) is 22.4 Å².